The van der Waals surface area contributed by atoms with Gasteiger partial charge in [0.05, 0.1) is 4.47 Å². The molecule has 2 rings (SSSR count). The lowest BCUT2D eigenvalue weighted by atomic mass is 10.2. The summed E-state index contributed by atoms with van der Waals surface area (Å²) < 4.78 is 17.0. The van der Waals surface area contributed by atoms with Gasteiger partial charge in [-0.2, -0.15) is 0 Å². The van der Waals surface area contributed by atoms with E-state index in [0.29, 0.717) is 6.54 Å². The Morgan fingerprint density at radius 1 is 1.30 bits per heavy atom. The van der Waals surface area contributed by atoms with Crippen molar-refractivity contribution in [3.8, 4) is 11.5 Å². The highest BCUT2D eigenvalue weighted by Crippen LogP contribution is 2.39. The number of unbranched alkanes of at least 4 members (excludes halogenated alkanes) is 1. The van der Waals surface area contributed by atoms with E-state index in [2.05, 4.69) is 31.6 Å². The van der Waals surface area contributed by atoms with E-state index in [4.69, 9.17) is 14.2 Å². The van der Waals surface area contributed by atoms with E-state index in [9.17, 15) is 0 Å². The molecule has 0 bridgehead atoms. The molecule has 1 aliphatic rings. The van der Waals surface area contributed by atoms with Gasteiger partial charge < -0.3 is 24.8 Å². The van der Waals surface area contributed by atoms with Crippen LogP contribution >= 0.6 is 15.9 Å². The molecule has 0 radical (unpaired) electrons. The first-order valence-corrected chi connectivity index (χ1v) is 8.64. The number of rotatable bonds is 8. The van der Waals surface area contributed by atoms with Crippen molar-refractivity contribution in [2.24, 2.45) is 4.99 Å². The summed E-state index contributed by atoms with van der Waals surface area (Å²) in [5, 5.41) is 6.60. The maximum absolute atomic E-state index is 5.43. The number of aliphatic imine (C=N–C) groups is 1. The molecule has 1 aliphatic heterocycles. The largest absolute Gasteiger partial charge is 0.454 e. The van der Waals surface area contributed by atoms with E-state index in [0.717, 1.165) is 60.1 Å². The molecule has 0 saturated carbocycles. The number of nitrogens with one attached hydrogen (secondary N) is 2. The van der Waals surface area contributed by atoms with Crippen LogP contribution in [0.15, 0.2) is 21.6 Å². The molecule has 1 aromatic carbocycles. The Balaban J connectivity index is 1.74. The van der Waals surface area contributed by atoms with Gasteiger partial charge in [0.1, 0.15) is 0 Å². The van der Waals surface area contributed by atoms with Gasteiger partial charge in [0.25, 0.3) is 0 Å². The van der Waals surface area contributed by atoms with Gasteiger partial charge >= 0.3 is 0 Å². The van der Waals surface area contributed by atoms with Gasteiger partial charge in [0.2, 0.25) is 6.79 Å². The number of benzene rings is 1. The molecule has 0 atom stereocenters. The Kier molecular flexibility index (Phi) is 7.48. The van der Waals surface area contributed by atoms with Crippen LogP contribution in [-0.4, -0.2) is 39.6 Å². The number of halogens is 1. The summed E-state index contributed by atoms with van der Waals surface area (Å²) in [7, 11) is 1.77. The third kappa shape index (κ3) is 5.58. The first-order chi connectivity index (χ1) is 11.2. The van der Waals surface area contributed by atoms with E-state index < -0.39 is 0 Å². The quantitative estimate of drug-likeness (QED) is 0.409. The van der Waals surface area contributed by atoms with Crippen LogP contribution in [0.25, 0.3) is 0 Å². The average molecular weight is 386 g/mol. The smallest absolute Gasteiger partial charge is 0.231 e. The summed E-state index contributed by atoms with van der Waals surface area (Å²) >= 11 is 3.50. The van der Waals surface area contributed by atoms with Crippen LogP contribution in [0.5, 0.6) is 11.5 Å². The zero-order valence-electron chi connectivity index (χ0n) is 13.7. The molecule has 7 heteroatoms. The van der Waals surface area contributed by atoms with Gasteiger partial charge in [0, 0.05) is 33.4 Å². The average Bonchev–Trinajstić information content (AvgIpc) is 3.02. The van der Waals surface area contributed by atoms with E-state index in [1.54, 1.807) is 7.05 Å². The summed E-state index contributed by atoms with van der Waals surface area (Å²) in [5.41, 5.74) is 1.10. The highest BCUT2D eigenvalue weighted by atomic mass is 79.9. The van der Waals surface area contributed by atoms with Gasteiger partial charge in [-0.25, -0.2) is 0 Å². The SMILES string of the molecule is CCOCCCCNC(=NC)NCc1cc(Br)c2c(c1)OCO2. The molecule has 0 aromatic heterocycles. The number of hydrogen-bond donors (Lipinski definition) is 2. The first-order valence-electron chi connectivity index (χ1n) is 7.85. The summed E-state index contributed by atoms with van der Waals surface area (Å²) in [6.45, 7) is 5.41. The lowest BCUT2D eigenvalue weighted by Gasteiger charge is -2.12. The van der Waals surface area contributed by atoms with Crippen molar-refractivity contribution >= 4 is 21.9 Å². The lowest BCUT2D eigenvalue weighted by Crippen LogP contribution is -2.37. The van der Waals surface area contributed by atoms with E-state index in [-0.39, 0.29) is 6.79 Å². The standard InChI is InChI=1S/C16H24BrN3O3/c1-3-21-7-5-4-6-19-16(18-2)20-10-12-8-13(17)15-14(9-12)22-11-23-15/h8-9H,3-7,10-11H2,1-2H3,(H2,18,19,20). The number of fused-ring (bicyclic) bond motifs is 1. The van der Waals surface area contributed by atoms with Gasteiger partial charge in [0.15, 0.2) is 17.5 Å². The first kappa shape index (κ1) is 17.9. The molecule has 0 aliphatic carbocycles. The van der Waals surface area contributed by atoms with E-state index in [1.165, 1.54) is 0 Å². The van der Waals surface area contributed by atoms with Gasteiger partial charge in [-0.3, -0.25) is 4.99 Å². The van der Waals surface area contributed by atoms with Crippen LogP contribution < -0.4 is 20.1 Å². The van der Waals surface area contributed by atoms with Crippen molar-refractivity contribution < 1.29 is 14.2 Å². The van der Waals surface area contributed by atoms with Crippen LogP contribution in [0, 0.1) is 0 Å². The zero-order valence-corrected chi connectivity index (χ0v) is 15.2. The molecule has 0 amide bonds. The van der Waals surface area contributed by atoms with Crippen molar-refractivity contribution in [3.63, 3.8) is 0 Å². The topological polar surface area (TPSA) is 64.1 Å². The molecule has 23 heavy (non-hydrogen) atoms. The molecule has 1 aromatic rings. The van der Waals surface area contributed by atoms with Gasteiger partial charge in [-0.05, 0) is 53.4 Å². The second kappa shape index (κ2) is 9.62. The van der Waals surface area contributed by atoms with Crippen molar-refractivity contribution in [1.82, 2.24) is 10.6 Å². The molecule has 0 saturated heterocycles. The number of guanidine groups is 1. The second-order valence-electron chi connectivity index (χ2n) is 5.07. The van der Waals surface area contributed by atoms with Crippen molar-refractivity contribution in [2.75, 3.05) is 33.6 Å². The highest BCUT2D eigenvalue weighted by molar-refractivity contribution is 9.10. The molecule has 0 unspecified atom stereocenters. The maximum atomic E-state index is 5.43. The highest BCUT2D eigenvalue weighted by Gasteiger charge is 2.17. The van der Waals surface area contributed by atoms with Crippen LogP contribution in [0.4, 0.5) is 0 Å². The minimum Gasteiger partial charge on any atom is -0.454 e. The number of hydrogen-bond acceptors (Lipinski definition) is 4. The Morgan fingerprint density at radius 2 is 2.17 bits per heavy atom. The Hall–Kier alpha value is -1.47. The van der Waals surface area contributed by atoms with Gasteiger partial charge in [-0.15, -0.1) is 0 Å². The minimum absolute atomic E-state index is 0.274. The van der Waals surface area contributed by atoms with Crippen LogP contribution in [-0.2, 0) is 11.3 Å². The summed E-state index contributed by atoms with van der Waals surface area (Å²) in [5.74, 6) is 2.33. The third-order valence-corrected chi connectivity index (χ3v) is 3.97. The Bertz CT molecular complexity index is 538. The van der Waals surface area contributed by atoms with Crippen LogP contribution in [0.3, 0.4) is 0 Å². The fourth-order valence-electron chi connectivity index (χ4n) is 2.21. The number of nitrogens with zero attached hydrogens (tertiary/aromatic N) is 1. The molecular weight excluding hydrogens is 362 g/mol. The molecule has 0 spiro atoms. The fourth-order valence-corrected chi connectivity index (χ4v) is 2.81. The van der Waals surface area contributed by atoms with E-state index >= 15 is 0 Å². The molecular formula is C16H24BrN3O3. The predicted octanol–water partition coefficient (Wildman–Crippen LogP) is 2.66. The zero-order chi connectivity index (χ0) is 16.5. The van der Waals surface area contributed by atoms with Crippen molar-refractivity contribution in [1.29, 1.82) is 0 Å². The molecule has 0 fully saturated rings. The third-order valence-electron chi connectivity index (χ3n) is 3.38. The molecule has 1 heterocycles. The number of ether oxygens (including phenoxy) is 3. The van der Waals surface area contributed by atoms with Crippen molar-refractivity contribution in [2.45, 2.75) is 26.3 Å². The molecule has 2 N–H and O–H groups in total. The summed E-state index contributed by atoms with van der Waals surface area (Å²) in [6, 6.07) is 4.01. The van der Waals surface area contributed by atoms with Gasteiger partial charge in [-0.1, -0.05) is 0 Å². The Labute approximate surface area is 145 Å². The van der Waals surface area contributed by atoms with Crippen LogP contribution in [0.2, 0.25) is 0 Å². The lowest BCUT2D eigenvalue weighted by molar-refractivity contribution is 0.143. The van der Waals surface area contributed by atoms with Crippen molar-refractivity contribution in [3.05, 3.63) is 22.2 Å². The summed E-state index contributed by atoms with van der Waals surface area (Å²) in [4.78, 5) is 4.23. The minimum atomic E-state index is 0.274. The predicted molar refractivity (Wildman–Crippen MR) is 94.2 cm³/mol. The van der Waals surface area contributed by atoms with E-state index in [1.807, 2.05) is 19.1 Å². The summed E-state index contributed by atoms with van der Waals surface area (Å²) in [6.07, 6.45) is 2.10. The molecule has 6 nitrogen and oxygen atoms in total. The monoisotopic (exact) mass is 385 g/mol. The maximum Gasteiger partial charge on any atom is 0.231 e. The fraction of sp³-hybridized carbons (Fsp3) is 0.562. The molecule has 128 valence electrons. The Morgan fingerprint density at radius 3 is 2.96 bits per heavy atom. The second-order valence-corrected chi connectivity index (χ2v) is 5.92. The van der Waals surface area contributed by atoms with Crippen LogP contribution in [0.1, 0.15) is 25.3 Å². The normalized spacial score (nSPS) is 13.3.